The van der Waals surface area contributed by atoms with Crippen LogP contribution < -0.4 is 5.32 Å². The second kappa shape index (κ2) is 6.76. The molecule has 0 bridgehead atoms. The van der Waals surface area contributed by atoms with Gasteiger partial charge in [0.1, 0.15) is 5.76 Å². The van der Waals surface area contributed by atoms with E-state index in [1.165, 1.54) is 0 Å². The fraction of sp³-hybridized carbons (Fsp3) is 0.600. The zero-order valence-corrected chi connectivity index (χ0v) is 12.3. The first-order valence-electron chi connectivity index (χ1n) is 7.25. The van der Waals surface area contributed by atoms with Crippen molar-refractivity contribution in [3.63, 3.8) is 0 Å². The highest BCUT2D eigenvalue weighted by Crippen LogP contribution is 2.25. The minimum atomic E-state index is -1.11. The van der Waals surface area contributed by atoms with Gasteiger partial charge in [-0.2, -0.15) is 0 Å². The monoisotopic (exact) mass is 294 g/mol. The van der Waals surface area contributed by atoms with E-state index in [4.69, 9.17) is 4.42 Å². The minimum absolute atomic E-state index is 0.0126. The lowest BCUT2D eigenvalue weighted by molar-refractivity contribution is -0.142. The summed E-state index contributed by atoms with van der Waals surface area (Å²) in [5, 5.41) is 13.0. The van der Waals surface area contributed by atoms with Crippen LogP contribution in [0.5, 0.6) is 0 Å². The molecule has 2 N–H and O–H groups in total. The molecule has 2 rings (SSSR count). The van der Waals surface area contributed by atoms with Gasteiger partial charge in [0.2, 0.25) is 11.8 Å². The molecule has 0 saturated carbocycles. The molecule has 6 nitrogen and oxygen atoms in total. The maximum Gasteiger partial charge on any atom is 0.223 e. The molecule has 1 saturated heterocycles. The fourth-order valence-corrected chi connectivity index (χ4v) is 2.70. The summed E-state index contributed by atoms with van der Waals surface area (Å²) in [7, 11) is 1.54. The van der Waals surface area contributed by atoms with Crippen molar-refractivity contribution in [3.05, 3.63) is 24.2 Å². The Balaban J connectivity index is 1.87. The first-order valence-corrected chi connectivity index (χ1v) is 7.25. The van der Waals surface area contributed by atoms with Gasteiger partial charge >= 0.3 is 0 Å². The number of rotatable bonds is 5. The van der Waals surface area contributed by atoms with Gasteiger partial charge in [0, 0.05) is 33.0 Å². The van der Waals surface area contributed by atoms with Gasteiger partial charge in [-0.25, -0.2) is 0 Å². The Labute approximate surface area is 124 Å². The average molecular weight is 294 g/mol. The van der Waals surface area contributed by atoms with E-state index >= 15 is 0 Å². The molecule has 1 aliphatic heterocycles. The summed E-state index contributed by atoms with van der Waals surface area (Å²) in [5.41, 5.74) is -1.11. The molecule has 2 heterocycles. The third-order valence-electron chi connectivity index (χ3n) is 3.84. The molecular formula is C15H22N2O4. The van der Waals surface area contributed by atoms with Crippen LogP contribution in [0.3, 0.4) is 0 Å². The first-order chi connectivity index (χ1) is 10.0. The number of likely N-dealkylation sites (tertiary alicyclic amines) is 1. The zero-order valence-electron chi connectivity index (χ0n) is 12.3. The second-order valence-electron chi connectivity index (χ2n) is 5.57. The van der Waals surface area contributed by atoms with Crippen molar-refractivity contribution < 1.29 is 19.1 Å². The van der Waals surface area contributed by atoms with Gasteiger partial charge in [-0.1, -0.05) is 0 Å². The van der Waals surface area contributed by atoms with Crippen LogP contribution in [0, 0.1) is 0 Å². The molecule has 6 heteroatoms. The molecule has 116 valence electrons. The Bertz CT molecular complexity index is 486. The number of amides is 2. The molecule has 0 radical (unpaired) electrons. The van der Waals surface area contributed by atoms with Crippen LogP contribution in [0.2, 0.25) is 0 Å². The number of aryl methyl sites for hydroxylation is 1. The summed E-state index contributed by atoms with van der Waals surface area (Å²) in [4.78, 5) is 25.3. The number of β-amino-alcohol motifs (C(OH)–C–C–N with tert-alkyl or cyclic N) is 1. The average Bonchev–Trinajstić information content (AvgIpc) is 2.97. The van der Waals surface area contributed by atoms with E-state index in [0.717, 1.165) is 5.76 Å². The van der Waals surface area contributed by atoms with Gasteiger partial charge < -0.3 is 19.7 Å². The van der Waals surface area contributed by atoms with Crippen molar-refractivity contribution in [2.75, 3.05) is 20.1 Å². The topological polar surface area (TPSA) is 82.8 Å². The van der Waals surface area contributed by atoms with Gasteiger partial charge in [0.25, 0.3) is 0 Å². The largest absolute Gasteiger partial charge is 0.469 e. The van der Waals surface area contributed by atoms with Crippen LogP contribution in [0.25, 0.3) is 0 Å². The highest BCUT2D eigenvalue weighted by molar-refractivity contribution is 5.78. The maximum absolute atomic E-state index is 12.2. The Morgan fingerprint density at radius 1 is 1.52 bits per heavy atom. The molecule has 2 amide bonds. The summed E-state index contributed by atoms with van der Waals surface area (Å²) < 4.78 is 5.21. The van der Waals surface area contributed by atoms with E-state index in [-0.39, 0.29) is 24.8 Å². The number of piperidine rings is 1. The predicted octanol–water partition coefficient (Wildman–Crippen LogP) is 0.702. The van der Waals surface area contributed by atoms with E-state index in [9.17, 15) is 14.7 Å². The van der Waals surface area contributed by atoms with E-state index in [0.29, 0.717) is 32.2 Å². The van der Waals surface area contributed by atoms with E-state index in [2.05, 4.69) is 5.32 Å². The number of nitrogens with one attached hydrogen (secondary N) is 1. The van der Waals surface area contributed by atoms with Gasteiger partial charge in [0.05, 0.1) is 18.3 Å². The van der Waals surface area contributed by atoms with Crippen molar-refractivity contribution in [3.8, 4) is 0 Å². The van der Waals surface area contributed by atoms with E-state index < -0.39 is 5.60 Å². The SMILES string of the molecule is CNC(=O)CC1(O)CCCN(C(=O)CCc2ccco2)C1. The second-order valence-corrected chi connectivity index (χ2v) is 5.57. The Kier molecular flexibility index (Phi) is 5.01. The Hall–Kier alpha value is -1.82. The summed E-state index contributed by atoms with van der Waals surface area (Å²) in [6, 6.07) is 3.63. The molecule has 1 aromatic heterocycles. The normalized spacial score (nSPS) is 22.1. The third-order valence-corrected chi connectivity index (χ3v) is 3.84. The van der Waals surface area contributed by atoms with Crippen LogP contribution in [0.1, 0.15) is 31.4 Å². The lowest BCUT2D eigenvalue weighted by Gasteiger charge is -2.38. The van der Waals surface area contributed by atoms with Crippen LogP contribution in [-0.4, -0.2) is 47.6 Å². The zero-order chi connectivity index (χ0) is 15.3. The van der Waals surface area contributed by atoms with Crippen LogP contribution >= 0.6 is 0 Å². The number of aliphatic hydroxyl groups is 1. The number of furan rings is 1. The third kappa shape index (κ3) is 4.32. The van der Waals surface area contributed by atoms with Crippen molar-refractivity contribution in [1.82, 2.24) is 10.2 Å². The summed E-state index contributed by atoms with van der Waals surface area (Å²) in [6.07, 6.45) is 3.77. The van der Waals surface area contributed by atoms with Gasteiger partial charge in [0.15, 0.2) is 0 Å². The molecule has 1 aromatic rings. The molecule has 1 fully saturated rings. The lowest BCUT2D eigenvalue weighted by Crippen LogP contribution is -2.52. The molecule has 0 aromatic carbocycles. The van der Waals surface area contributed by atoms with E-state index in [1.54, 1.807) is 24.3 Å². The number of nitrogens with zero attached hydrogens (tertiary/aromatic N) is 1. The van der Waals surface area contributed by atoms with Crippen molar-refractivity contribution >= 4 is 11.8 Å². The Morgan fingerprint density at radius 2 is 2.33 bits per heavy atom. The molecule has 1 unspecified atom stereocenters. The number of carbonyl (C=O) groups is 2. The maximum atomic E-state index is 12.2. The van der Waals surface area contributed by atoms with E-state index in [1.807, 2.05) is 6.07 Å². The molecule has 0 spiro atoms. The number of carbonyl (C=O) groups excluding carboxylic acids is 2. The van der Waals surface area contributed by atoms with Crippen LogP contribution in [-0.2, 0) is 16.0 Å². The fourth-order valence-electron chi connectivity index (χ4n) is 2.70. The smallest absolute Gasteiger partial charge is 0.223 e. The number of hydrogen-bond donors (Lipinski definition) is 2. The minimum Gasteiger partial charge on any atom is -0.469 e. The molecule has 21 heavy (non-hydrogen) atoms. The Morgan fingerprint density at radius 3 is 3.00 bits per heavy atom. The summed E-state index contributed by atoms with van der Waals surface area (Å²) in [6.45, 7) is 0.852. The van der Waals surface area contributed by atoms with Crippen molar-refractivity contribution in [2.45, 2.75) is 37.7 Å². The van der Waals surface area contributed by atoms with Gasteiger partial charge in [-0.3, -0.25) is 9.59 Å². The van der Waals surface area contributed by atoms with Crippen LogP contribution in [0.15, 0.2) is 22.8 Å². The van der Waals surface area contributed by atoms with Gasteiger partial charge in [-0.15, -0.1) is 0 Å². The quantitative estimate of drug-likeness (QED) is 0.837. The summed E-state index contributed by atoms with van der Waals surface area (Å²) in [5.74, 6) is 0.560. The van der Waals surface area contributed by atoms with Crippen LogP contribution in [0.4, 0.5) is 0 Å². The molecule has 1 atom stereocenters. The highest BCUT2D eigenvalue weighted by Gasteiger charge is 2.36. The first kappa shape index (κ1) is 15.6. The standard InChI is InChI=1S/C15H22N2O4/c1-16-13(18)10-15(20)7-3-8-17(11-15)14(19)6-5-12-4-2-9-21-12/h2,4,9,20H,3,5-8,10-11H2,1H3,(H,16,18). The highest BCUT2D eigenvalue weighted by atomic mass is 16.3. The van der Waals surface area contributed by atoms with Crippen molar-refractivity contribution in [1.29, 1.82) is 0 Å². The molecule has 0 aliphatic carbocycles. The predicted molar refractivity (Wildman–Crippen MR) is 76.5 cm³/mol. The lowest BCUT2D eigenvalue weighted by atomic mass is 9.89. The molecule has 1 aliphatic rings. The van der Waals surface area contributed by atoms with Gasteiger partial charge in [-0.05, 0) is 25.0 Å². The summed E-state index contributed by atoms with van der Waals surface area (Å²) >= 11 is 0. The van der Waals surface area contributed by atoms with Crippen molar-refractivity contribution in [2.24, 2.45) is 0 Å². The number of hydrogen-bond acceptors (Lipinski definition) is 4. The molecular weight excluding hydrogens is 272 g/mol.